The van der Waals surface area contributed by atoms with Crippen molar-refractivity contribution in [3.8, 4) is 0 Å². The molecule has 0 bridgehead atoms. The van der Waals surface area contributed by atoms with Gasteiger partial charge in [-0.3, -0.25) is 9.79 Å². The second-order valence-corrected chi connectivity index (χ2v) is 4.17. The van der Waals surface area contributed by atoms with Gasteiger partial charge in [-0.15, -0.1) is 0 Å². The van der Waals surface area contributed by atoms with Gasteiger partial charge in [0.1, 0.15) is 0 Å². The standard InChI is InChI=1S/C15H17F2NO/c1-4-11(10-18-5-2)14(19)12-7-6-8-13(9-12)15(3,16)17/h4,6-10H,5H2,1-3H3/b11-4+,18-10?. The molecule has 0 aliphatic heterocycles. The molecule has 1 aromatic rings. The van der Waals surface area contributed by atoms with Gasteiger partial charge < -0.3 is 0 Å². The Morgan fingerprint density at radius 3 is 2.63 bits per heavy atom. The quantitative estimate of drug-likeness (QED) is 0.449. The fourth-order valence-corrected chi connectivity index (χ4v) is 1.55. The SMILES string of the molecule is C/C=C(\C=NCC)C(=O)c1cccc(C(C)(F)F)c1. The van der Waals surface area contributed by atoms with Crippen molar-refractivity contribution in [1.82, 2.24) is 0 Å². The van der Waals surface area contributed by atoms with E-state index in [1.54, 1.807) is 13.0 Å². The summed E-state index contributed by atoms with van der Waals surface area (Å²) in [5.74, 6) is -3.25. The highest BCUT2D eigenvalue weighted by molar-refractivity contribution is 6.21. The summed E-state index contributed by atoms with van der Waals surface area (Å²) in [6.45, 7) is 4.95. The topological polar surface area (TPSA) is 29.4 Å². The normalized spacial score (nSPS) is 13.0. The van der Waals surface area contributed by atoms with Crippen LogP contribution in [0.15, 0.2) is 40.9 Å². The summed E-state index contributed by atoms with van der Waals surface area (Å²) in [6, 6.07) is 5.53. The summed E-state index contributed by atoms with van der Waals surface area (Å²) in [5.41, 5.74) is 0.481. The Bertz CT molecular complexity index is 513. The molecule has 2 nitrogen and oxygen atoms in total. The summed E-state index contributed by atoms with van der Waals surface area (Å²) < 4.78 is 26.5. The molecule has 0 saturated carbocycles. The van der Waals surface area contributed by atoms with Crippen LogP contribution < -0.4 is 0 Å². The minimum absolute atomic E-state index is 0.166. The fourth-order valence-electron chi connectivity index (χ4n) is 1.55. The molecular formula is C15H17F2NO. The molecule has 0 aliphatic carbocycles. The summed E-state index contributed by atoms with van der Waals surface area (Å²) >= 11 is 0. The van der Waals surface area contributed by atoms with Crippen LogP contribution in [-0.2, 0) is 5.92 Å². The highest BCUT2D eigenvalue weighted by Gasteiger charge is 2.25. The van der Waals surface area contributed by atoms with E-state index in [4.69, 9.17) is 0 Å². The van der Waals surface area contributed by atoms with Crippen molar-refractivity contribution in [2.24, 2.45) is 4.99 Å². The van der Waals surface area contributed by atoms with Gasteiger partial charge in [0.2, 0.25) is 0 Å². The molecule has 102 valence electrons. The van der Waals surface area contributed by atoms with Crippen LogP contribution in [0.1, 0.15) is 36.7 Å². The molecule has 0 unspecified atom stereocenters. The van der Waals surface area contributed by atoms with Crippen LogP contribution in [0.5, 0.6) is 0 Å². The Balaban J connectivity index is 3.10. The predicted octanol–water partition coefficient (Wildman–Crippen LogP) is 4.02. The van der Waals surface area contributed by atoms with E-state index in [0.29, 0.717) is 12.1 Å². The largest absolute Gasteiger partial charge is 0.293 e. The first-order chi connectivity index (χ1) is 8.90. The number of nitrogens with zero attached hydrogens (tertiary/aromatic N) is 1. The van der Waals surface area contributed by atoms with Gasteiger partial charge in [0, 0.05) is 36.4 Å². The van der Waals surface area contributed by atoms with Crippen LogP contribution in [-0.4, -0.2) is 18.5 Å². The second-order valence-electron chi connectivity index (χ2n) is 4.17. The minimum Gasteiger partial charge on any atom is -0.293 e. The van der Waals surface area contributed by atoms with E-state index in [1.807, 2.05) is 6.92 Å². The van der Waals surface area contributed by atoms with Crippen molar-refractivity contribution in [3.05, 3.63) is 47.0 Å². The van der Waals surface area contributed by atoms with Crippen LogP contribution in [0.2, 0.25) is 0 Å². The number of hydrogen-bond donors (Lipinski definition) is 0. The Hall–Kier alpha value is -1.84. The van der Waals surface area contributed by atoms with Crippen molar-refractivity contribution in [1.29, 1.82) is 0 Å². The third kappa shape index (κ3) is 4.09. The van der Waals surface area contributed by atoms with Gasteiger partial charge in [0.05, 0.1) is 0 Å². The van der Waals surface area contributed by atoms with E-state index in [1.165, 1.54) is 30.5 Å². The van der Waals surface area contributed by atoms with Gasteiger partial charge in [0.15, 0.2) is 5.78 Å². The van der Waals surface area contributed by atoms with Crippen LogP contribution in [0, 0.1) is 0 Å². The second kappa shape index (κ2) is 6.36. The molecule has 0 amide bonds. The Morgan fingerprint density at radius 2 is 2.11 bits per heavy atom. The van der Waals surface area contributed by atoms with Crippen LogP contribution in [0.4, 0.5) is 8.78 Å². The van der Waals surface area contributed by atoms with E-state index in [-0.39, 0.29) is 16.9 Å². The molecule has 0 aromatic heterocycles. The first-order valence-electron chi connectivity index (χ1n) is 6.09. The maximum atomic E-state index is 13.2. The molecule has 0 atom stereocenters. The van der Waals surface area contributed by atoms with E-state index in [0.717, 1.165) is 6.92 Å². The molecular weight excluding hydrogens is 248 g/mol. The average molecular weight is 265 g/mol. The highest BCUT2D eigenvalue weighted by Crippen LogP contribution is 2.27. The Kier molecular flexibility index (Phi) is 5.10. The van der Waals surface area contributed by atoms with Crippen LogP contribution in [0.25, 0.3) is 0 Å². The predicted molar refractivity (Wildman–Crippen MR) is 73.1 cm³/mol. The highest BCUT2D eigenvalue weighted by atomic mass is 19.3. The lowest BCUT2D eigenvalue weighted by atomic mass is 10.00. The summed E-state index contributed by atoms with van der Waals surface area (Å²) in [5, 5.41) is 0. The maximum Gasteiger partial charge on any atom is 0.270 e. The number of alkyl halides is 2. The van der Waals surface area contributed by atoms with Crippen molar-refractivity contribution in [3.63, 3.8) is 0 Å². The number of Topliss-reactive ketones (excluding diaryl/α,β-unsaturated/α-hetero) is 1. The monoisotopic (exact) mass is 265 g/mol. The number of aliphatic imine (C=N–C) groups is 1. The number of rotatable bonds is 5. The van der Waals surface area contributed by atoms with Crippen LogP contribution in [0.3, 0.4) is 0 Å². The van der Waals surface area contributed by atoms with Gasteiger partial charge in [-0.25, -0.2) is 8.78 Å². The zero-order valence-electron chi connectivity index (χ0n) is 11.3. The lowest BCUT2D eigenvalue weighted by molar-refractivity contribution is 0.0174. The first kappa shape index (κ1) is 15.2. The van der Waals surface area contributed by atoms with E-state index in [9.17, 15) is 13.6 Å². The Morgan fingerprint density at radius 1 is 1.42 bits per heavy atom. The molecule has 0 spiro atoms. The number of benzene rings is 1. The third-order valence-corrected chi connectivity index (χ3v) is 2.62. The lowest BCUT2D eigenvalue weighted by Crippen LogP contribution is -2.10. The molecule has 19 heavy (non-hydrogen) atoms. The van der Waals surface area contributed by atoms with Gasteiger partial charge in [-0.1, -0.05) is 24.3 Å². The van der Waals surface area contributed by atoms with Crippen molar-refractivity contribution in [2.45, 2.75) is 26.7 Å². The zero-order valence-corrected chi connectivity index (χ0v) is 11.3. The number of halogens is 2. The maximum absolute atomic E-state index is 13.2. The zero-order chi connectivity index (χ0) is 14.5. The lowest BCUT2D eigenvalue weighted by Gasteiger charge is -2.11. The third-order valence-electron chi connectivity index (χ3n) is 2.62. The van der Waals surface area contributed by atoms with E-state index < -0.39 is 5.92 Å². The molecule has 0 N–H and O–H groups in total. The fraction of sp³-hybridized carbons (Fsp3) is 0.333. The van der Waals surface area contributed by atoms with Crippen molar-refractivity contribution in [2.75, 3.05) is 6.54 Å². The van der Waals surface area contributed by atoms with Gasteiger partial charge in [-0.05, 0) is 19.9 Å². The van der Waals surface area contributed by atoms with Crippen molar-refractivity contribution < 1.29 is 13.6 Å². The number of ketones is 1. The van der Waals surface area contributed by atoms with E-state index in [2.05, 4.69) is 4.99 Å². The smallest absolute Gasteiger partial charge is 0.270 e. The summed E-state index contributed by atoms with van der Waals surface area (Å²) in [7, 11) is 0. The summed E-state index contributed by atoms with van der Waals surface area (Å²) in [4.78, 5) is 16.2. The number of carbonyl (C=O) groups excluding carboxylic acids is 1. The summed E-state index contributed by atoms with van der Waals surface area (Å²) in [6.07, 6.45) is 3.09. The molecule has 1 rings (SSSR count). The number of allylic oxidation sites excluding steroid dienone is 2. The Labute approximate surface area is 111 Å². The molecule has 0 aliphatic rings. The van der Waals surface area contributed by atoms with Crippen molar-refractivity contribution >= 4 is 12.0 Å². The molecule has 4 heteroatoms. The van der Waals surface area contributed by atoms with Gasteiger partial charge in [0.25, 0.3) is 5.92 Å². The molecule has 0 heterocycles. The average Bonchev–Trinajstić information content (AvgIpc) is 2.38. The molecule has 0 fully saturated rings. The van der Waals surface area contributed by atoms with Crippen LogP contribution >= 0.6 is 0 Å². The minimum atomic E-state index is -2.95. The first-order valence-corrected chi connectivity index (χ1v) is 6.09. The number of hydrogen-bond acceptors (Lipinski definition) is 2. The van der Waals surface area contributed by atoms with Gasteiger partial charge >= 0.3 is 0 Å². The van der Waals surface area contributed by atoms with Gasteiger partial charge in [-0.2, -0.15) is 0 Å². The number of carbonyl (C=O) groups is 1. The molecule has 0 saturated heterocycles. The molecule has 0 radical (unpaired) electrons. The van der Waals surface area contributed by atoms with E-state index >= 15 is 0 Å². The molecule has 1 aromatic carbocycles.